The molecule has 1 atom stereocenters. The quantitative estimate of drug-likeness (QED) is 0.694. The Bertz CT molecular complexity index is 788. The summed E-state index contributed by atoms with van der Waals surface area (Å²) in [7, 11) is 0. The Balaban J connectivity index is 1.30. The highest BCUT2D eigenvalue weighted by Gasteiger charge is 2.36. The molecule has 4 rings (SSSR count). The van der Waals surface area contributed by atoms with Gasteiger partial charge in [0.1, 0.15) is 4.88 Å². The highest BCUT2D eigenvalue weighted by atomic mass is 32.1. The molecule has 9 nitrogen and oxygen atoms in total. The first-order valence-electron chi connectivity index (χ1n) is 10.2. The second-order valence-electron chi connectivity index (χ2n) is 7.85. The minimum Gasteiger partial charge on any atom is -0.378 e. The molecule has 29 heavy (non-hydrogen) atoms. The number of morpholine rings is 1. The van der Waals surface area contributed by atoms with Crippen molar-refractivity contribution in [3.8, 4) is 0 Å². The van der Waals surface area contributed by atoms with Crippen LogP contribution in [-0.4, -0.2) is 67.0 Å². The molecule has 3 amide bonds. The van der Waals surface area contributed by atoms with Gasteiger partial charge in [-0.2, -0.15) is 0 Å². The molecule has 0 bridgehead atoms. The van der Waals surface area contributed by atoms with Crippen molar-refractivity contribution in [3.63, 3.8) is 0 Å². The number of hydrogen-bond acceptors (Lipinski definition) is 7. The lowest BCUT2D eigenvalue weighted by molar-refractivity contribution is -0.137. The van der Waals surface area contributed by atoms with Gasteiger partial charge in [-0.1, -0.05) is 11.3 Å². The summed E-state index contributed by atoms with van der Waals surface area (Å²) >= 11 is 1.32. The maximum absolute atomic E-state index is 12.6. The van der Waals surface area contributed by atoms with Crippen molar-refractivity contribution in [1.29, 1.82) is 0 Å². The van der Waals surface area contributed by atoms with E-state index in [1.807, 2.05) is 0 Å². The molecule has 1 saturated carbocycles. The number of hydrazine groups is 1. The topological polar surface area (TPSA) is 104 Å². The van der Waals surface area contributed by atoms with E-state index >= 15 is 0 Å². The average Bonchev–Trinajstić information content (AvgIpc) is 3.53. The maximum atomic E-state index is 12.6. The van der Waals surface area contributed by atoms with E-state index in [4.69, 9.17) is 4.74 Å². The summed E-state index contributed by atoms with van der Waals surface area (Å²) in [6, 6.07) is 0. The van der Waals surface area contributed by atoms with Crippen LogP contribution in [0.1, 0.15) is 41.0 Å². The number of rotatable bonds is 4. The third-order valence-corrected chi connectivity index (χ3v) is 6.82. The number of thiazole rings is 1. The van der Waals surface area contributed by atoms with Crippen molar-refractivity contribution in [3.05, 3.63) is 10.6 Å². The van der Waals surface area contributed by atoms with E-state index in [0.717, 1.165) is 50.4 Å². The third-order valence-electron chi connectivity index (χ3n) is 5.60. The zero-order chi connectivity index (χ0) is 20.4. The number of aryl methyl sites for hydroxylation is 1. The molecule has 2 aliphatic heterocycles. The second-order valence-corrected chi connectivity index (χ2v) is 8.83. The van der Waals surface area contributed by atoms with Crippen LogP contribution in [0.2, 0.25) is 0 Å². The predicted octanol–water partition coefficient (Wildman–Crippen LogP) is 0.698. The molecule has 1 unspecified atom stereocenters. The number of piperidine rings is 1. The number of nitrogens with one attached hydrogen (secondary N) is 2. The fraction of sp³-hybridized carbons (Fsp3) is 0.684. The molecule has 3 fully saturated rings. The Morgan fingerprint density at radius 3 is 2.55 bits per heavy atom. The number of carbonyl (C=O) groups excluding carboxylic acids is 3. The van der Waals surface area contributed by atoms with Crippen LogP contribution in [0.4, 0.5) is 5.13 Å². The molecule has 0 aromatic carbocycles. The zero-order valence-corrected chi connectivity index (χ0v) is 17.4. The van der Waals surface area contributed by atoms with E-state index in [-0.39, 0.29) is 29.6 Å². The summed E-state index contributed by atoms with van der Waals surface area (Å²) in [5, 5.41) is 0.795. The number of anilines is 1. The van der Waals surface area contributed by atoms with Gasteiger partial charge in [-0.25, -0.2) is 4.98 Å². The second kappa shape index (κ2) is 8.66. The van der Waals surface area contributed by atoms with Gasteiger partial charge in [0.05, 0.1) is 24.8 Å². The summed E-state index contributed by atoms with van der Waals surface area (Å²) in [5.41, 5.74) is 5.70. The van der Waals surface area contributed by atoms with Crippen LogP contribution in [0.15, 0.2) is 0 Å². The molecule has 0 spiro atoms. The lowest BCUT2D eigenvalue weighted by Gasteiger charge is -2.32. The van der Waals surface area contributed by atoms with Crippen LogP contribution in [0.5, 0.6) is 0 Å². The average molecular weight is 422 g/mol. The van der Waals surface area contributed by atoms with Crippen molar-refractivity contribution >= 4 is 34.2 Å². The van der Waals surface area contributed by atoms with E-state index in [9.17, 15) is 14.4 Å². The van der Waals surface area contributed by atoms with Crippen molar-refractivity contribution in [1.82, 2.24) is 20.7 Å². The third kappa shape index (κ3) is 4.69. The number of aromatic nitrogens is 1. The Hall–Kier alpha value is -2.20. The largest absolute Gasteiger partial charge is 0.378 e. The Labute approximate surface area is 173 Å². The number of nitrogens with zero attached hydrogens (tertiary/aromatic N) is 3. The van der Waals surface area contributed by atoms with Gasteiger partial charge >= 0.3 is 0 Å². The normalized spacial score (nSPS) is 22.3. The molecule has 0 radical (unpaired) electrons. The number of likely N-dealkylation sites (tertiary alicyclic amines) is 1. The van der Waals surface area contributed by atoms with E-state index in [1.54, 1.807) is 11.8 Å². The van der Waals surface area contributed by atoms with E-state index in [0.29, 0.717) is 30.3 Å². The smallest absolute Gasteiger partial charge is 0.281 e. The van der Waals surface area contributed by atoms with Crippen LogP contribution >= 0.6 is 11.3 Å². The van der Waals surface area contributed by atoms with Crippen LogP contribution < -0.4 is 15.8 Å². The molecule has 2 saturated heterocycles. The van der Waals surface area contributed by atoms with Crippen molar-refractivity contribution in [2.45, 2.75) is 32.6 Å². The zero-order valence-electron chi connectivity index (χ0n) is 16.6. The lowest BCUT2D eigenvalue weighted by atomic mass is 9.97. The predicted molar refractivity (Wildman–Crippen MR) is 108 cm³/mol. The van der Waals surface area contributed by atoms with Crippen molar-refractivity contribution in [2.75, 3.05) is 44.3 Å². The monoisotopic (exact) mass is 421 g/mol. The fourth-order valence-corrected chi connectivity index (χ4v) is 4.75. The Morgan fingerprint density at radius 2 is 1.83 bits per heavy atom. The van der Waals surface area contributed by atoms with Crippen LogP contribution in [0.3, 0.4) is 0 Å². The standard InChI is InChI=1S/C19H27N5O4S/c1-12-15(29-19(20-12)23-7-9-28-10-8-23)17(26)22-21-16(25)14-3-2-6-24(11-14)18(27)13-4-5-13/h13-14H,2-11H2,1H3,(H,21,25)(H,22,26). The highest BCUT2D eigenvalue weighted by molar-refractivity contribution is 7.17. The molecule has 158 valence electrons. The first kappa shape index (κ1) is 20.1. The van der Waals surface area contributed by atoms with E-state index in [2.05, 4.69) is 20.7 Å². The molecular formula is C19H27N5O4S. The first-order valence-corrected chi connectivity index (χ1v) is 11.0. The van der Waals surface area contributed by atoms with Crippen LogP contribution in [-0.2, 0) is 14.3 Å². The number of ether oxygens (including phenoxy) is 1. The van der Waals surface area contributed by atoms with Gasteiger partial charge in [0, 0.05) is 32.1 Å². The van der Waals surface area contributed by atoms with Gasteiger partial charge in [0.15, 0.2) is 5.13 Å². The first-order chi connectivity index (χ1) is 14.0. The van der Waals surface area contributed by atoms with Gasteiger partial charge < -0.3 is 14.5 Å². The van der Waals surface area contributed by atoms with Crippen LogP contribution in [0.25, 0.3) is 0 Å². The Morgan fingerprint density at radius 1 is 1.07 bits per heavy atom. The van der Waals surface area contributed by atoms with Crippen molar-refractivity contribution < 1.29 is 19.1 Å². The minimum absolute atomic E-state index is 0.159. The number of amides is 3. The molecule has 1 aromatic rings. The molecule has 1 aliphatic carbocycles. The number of carbonyl (C=O) groups is 3. The van der Waals surface area contributed by atoms with Gasteiger partial charge in [-0.3, -0.25) is 25.2 Å². The van der Waals surface area contributed by atoms with Crippen molar-refractivity contribution in [2.24, 2.45) is 11.8 Å². The minimum atomic E-state index is -0.366. The highest BCUT2D eigenvalue weighted by Crippen LogP contribution is 2.32. The van der Waals surface area contributed by atoms with Gasteiger partial charge in [0.25, 0.3) is 5.91 Å². The van der Waals surface area contributed by atoms with Gasteiger partial charge in [0.2, 0.25) is 11.8 Å². The summed E-state index contributed by atoms with van der Waals surface area (Å²) in [6.45, 7) is 5.74. The molecule has 3 heterocycles. The molecule has 3 aliphatic rings. The summed E-state index contributed by atoms with van der Waals surface area (Å²) < 4.78 is 5.35. The summed E-state index contributed by atoms with van der Waals surface area (Å²) in [4.78, 5) is 46.2. The molecule has 2 N–H and O–H groups in total. The summed E-state index contributed by atoms with van der Waals surface area (Å²) in [5.74, 6) is -0.580. The fourth-order valence-electron chi connectivity index (χ4n) is 3.74. The van der Waals surface area contributed by atoms with E-state index in [1.165, 1.54) is 11.3 Å². The Kier molecular flexibility index (Phi) is 6.00. The SMILES string of the molecule is Cc1nc(N2CCOCC2)sc1C(=O)NNC(=O)C1CCCN(C(=O)C2CC2)C1. The van der Waals surface area contributed by atoms with Gasteiger partial charge in [-0.15, -0.1) is 0 Å². The maximum Gasteiger partial charge on any atom is 0.281 e. The molecule has 10 heteroatoms. The van der Waals surface area contributed by atoms with E-state index < -0.39 is 0 Å². The van der Waals surface area contributed by atoms with Gasteiger partial charge in [-0.05, 0) is 32.6 Å². The summed E-state index contributed by atoms with van der Waals surface area (Å²) in [6.07, 6.45) is 3.45. The number of hydrogen-bond donors (Lipinski definition) is 2. The molecule has 1 aromatic heterocycles. The lowest BCUT2D eigenvalue weighted by Crippen LogP contribution is -2.50. The van der Waals surface area contributed by atoms with Crippen LogP contribution in [0, 0.1) is 18.8 Å². The molecular weight excluding hydrogens is 394 g/mol.